The van der Waals surface area contributed by atoms with E-state index in [4.69, 9.17) is 11.5 Å². The van der Waals surface area contributed by atoms with Crippen molar-refractivity contribution in [3.05, 3.63) is 54.2 Å². The highest BCUT2D eigenvalue weighted by atomic mass is 16.3. The van der Waals surface area contributed by atoms with Gasteiger partial charge in [0.05, 0.1) is 22.8 Å². The van der Waals surface area contributed by atoms with Crippen LogP contribution in [0, 0.1) is 12.3 Å². The lowest BCUT2D eigenvalue weighted by Gasteiger charge is -2.25. The van der Waals surface area contributed by atoms with Crippen molar-refractivity contribution in [2.75, 3.05) is 6.54 Å². The molecule has 0 unspecified atom stereocenters. The maximum absolute atomic E-state index is 9.53. The van der Waals surface area contributed by atoms with Gasteiger partial charge in [-0.3, -0.25) is 4.98 Å². The van der Waals surface area contributed by atoms with Crippen molar-refractivity contribution in [2.45, 2.75) is 34.6 Å². The smallest absolute Gasteiger partial charge is 0.0924 e. The molecule has 1 aromatic rings. The van der Waals surface area contributed by atoms with E-state index in [0.29, 0.717) is 17.9 Å². The topological polar surface area (TPSA) is 97.2 Å². The lowest BCUT2D eigenvalue weighted by molar-refractivity contribution is 0.259. The number of nitrogens with one attached hydrogen (secondary N) is 1. The van der Waals surface area contributed by atoms with Crippen molar-refractivity contribution in [3.63, 3.8) is 0 Å². The Labute approximate surface area is 139 Å². The summed E-state index contributed by atoms with van der Waals surface area (Å²) in [6.07, 6.45) is 3.00. The van der Waals surface area contributed by atoms with Gasteiger partial charge >= 0.3 is 0 Å². The average molecular weight is 318 g/mol. The predicted molar refractivity (Wildman–Crippen MR) is 99.3 cm³/mol. The first-order valence-electron chi connectivity index (χ1n) is 7.65. The number of rotatable bonds is 6. The van der Waals surface area contributed by atoms with Crippen LogP contribution in [-0.4, -0.2) is 16.6 Å². The monoisotopic (exact) mass is 318 g/mol. The van der Waals surface area contributed by atoms with Crippen molar-refractivity contribution in [2.24, 2.45) is 16.9 Å². The lowest BCUT2D eigenvalue weighted by atomic mass is 9.91. The number of aryl methyl sites for hydroxylation is 1. The molecule has 0 saturated heterocycles. The molecule has 0 radical (unpaired) electrons. The van der Waals surface area contributed by atoms with Gasteiger partial charge in [-0.15, -0.1) is 0 Å². The van der Waals surface area contributed by atoms with E-state index >= 15 is 0 Å². The number of hydrogen-bond donors (Lipinski definition) is 4. The summed E-state index contributed by atoms with van der Waals surface area (Å²) in [5.41, 5.74) is 14.3. The number of pyridine rings is 1. The summed E-state index contributed by atoms with van der Waals surface area (Å²) in [6.45, 7) is 17.8. The molecule has 5 heteroatoms. The summed E-state index contributed by atoms with van der Waals surface area (Å²) in [5, 5.41) is 12.7. The number of hydrogen-bond acceptors (Lipinski definition) is 5. The third-order valence-electron chi connectivity index (χ3n) is 3.40. The van der Waals surface area contributed by atoms with Gasteiger partial charge in [0.2, 0.25) is 0 Å². The number of nitrogens with two attached hydrogens (primary N) is 2. The second-order valence-corrected chi connectivity index (χ2v) is 5.67. The molecule has 128 valence electrons. The Balaban J connectivity index is 0.00000232. The Hall–Kier alpha value is -2.43. The molecule has 0 atom stereocenters. The van der Waals surface area contributed by atoms with E-state index < -0.39 is 5.41 Å². The largest absolute Gasteiger partial charge is 0.512 e. The second kappa shape index (κ2) is 8.88. The van der Waals surface area contributed by atoms with Crippen molar-refractivity contribution in [1.29, 1.82) is 0 Å². The Morgan fingerprint density at radius 3 is 2.39 bits per heavy atom. The first-order chi connectivity index (χ1) is 10.7. The van der Waals surface area contributed by atoms with E-state index in [-0.39, 0.29) is 5.76 Å². The first-order valence-corrected chi connectivity index (χ1v) is 7.65. The molecule has 0 aliphatic rings. The molecule has 1 heterocycles. The zero-order valence-corrected chi connectivity index (χ0v) is 14.9. The summed E-state index contributed by atoms with van der Waals surface area (Å²) in [4.78, 5) is 4.37. The molecule has 0 saturated carbocycles. The summed E-state index contributed by atoms with van der Waals surface area (Å²) in [5.74, 6) is 0.128. The van der Waals surface area contributed by atoms with Gasteiger partial charge in [-0.2, -0.15) is 0 Å². The fraction of sp³-hybridized carbons (Fsp3) is 0.389. The van der Waals surface area contributed by atoms with Crippen molar-refractivity contribution < 1.29 is 5.11 Å². The SMILES string of the molecule is C=C(NCC(C)(C)C(=C)O)c1ncc(/C(N)=C/N)cc1C.CC. The van der Waals surface area contributed by atoms with Gasteiger partial charge in [0.1, 0.15) is 0 Å². The van der Waals surface area contributed by atoms with Crippen molar-refractivity contribution in [3.8, 4) is 0 Å². The molecular weight excluding hydrogens is 288 g/mol. The van der Waals surface area contributed by atoms with Crippen LogP contribution in [0.4, 0.5) is 0 Å². The molecule has 1 rings (SSSR count). The van der Waals surface area contributed by atoms with E-state index in [2.05, 4.69) is 23.5 Å². The Morgan fingerprint density at radius 1 is 1.39 bits per heavy atom. The normalized spacial score (nSPS) is 11.3. The van der Waals surface area contributed by atoms with Gasteiger partial charge in [-0.25, -0.2) is 0 Å². The van der Waals surface area contributed by atoms with Gasteiger partial charge in [0.25, 0.3) is 0 Å². The average Bonchev–Trinajstić information content (AvgIpc) is 2.53. The molecule has 0 aliphatic heterocycles. The number of aliphatic hydroxyl groups excluding tert-OH is 1. The Kier molecular flexibility index (Phi) is 7.94. The summed E-state index contributed by atoms with van der Waals surface area (Å²) in [6, 6.07) is 1.91. The minimum Gasteiger partial charge on any atom is -0.512 e. The first kappa shape index (κ1) is 20.6. The Morgan fingerprint density at radius 2 is 1.96 bits per heavy atom. The number of aliphatic hydroxyl groups is 1. The molecule has 0 amide bonds. The molecule has 1 aromatic heterocycles. The highest BCUT2D eigenvalue weighted by Crippen LogP contribution is 2.23. The van der Waals surface area contributed by atoms with Gasteiger partial charge in [0.15, 0.2) is 0 Å². The van der Waals surface area contributed by atoms with E-state index in [0.717, 1.165) is 16.8 Å². The van der Waals surface area contributed by atoms with E-state index in [1.807, 2.05) is 40.7 Å². The van der Waals surface area contributed by atoms with E-state index in [9.17, 15) is 5.11 Å². The van der Waals surface area contributed by atoms with Crippen LogP contribution in [0.15, 0.2) is 37.4 Å². The van der Waals surface area contributed by atoms with Crippen LogP contribution < -0.4 is 16.8 Å². The molecule has 0 spiro atoms. The maximum Gasteiger partial charge on any atom is 0.0924 e. The molecule has 0 aromatic carbocycles. The quantitative estimate of drug-likeness (QED) is 0.603. The molecule has 23 heavy (non-hydrogen) atoms. The van der Waals surface area contributed by atoms with Gasteiger partial charge in [-0.05, 0) is 18.6 Å². The summed E-state index contributed by atoms with van der Waals surface area (Å²) >= 11 is 0. The number of aromatic nitrogens is 1. The van der Waals surface area contributed by atoms with Crippen LogP contribution in [0.2, 0.25) is 0 Å². The standard InChI is InChI=1S/C16H24N4O.C2H6/c1-10-6-13(14(18)7-17)8-19-15(10)11(2)20-9-16(4,5)12(3)21;1-2/h6-8,20-21H,2-3,9,17-18H2,1,4-5H3;1-2H3/b14-7-;. The maximum atomic E-state index is 9.53. The molecule has 0 aliphatic carbocycles. The van der Waals surface area contributed by atoms with Gasteiger partial charge in [0, 0.05) is 29.9 Å². The van der Waals surface area contributed by atoms with Gasteiger partial charge < -0.3 is 21.9 Å². The lowest BCUT2D eigenvalue weighted by Crippen LogP contribution is -2.30. The highest BCUT2D eigenvalue weighted by molar-refractivity contribution is 5.66. The molecular formula is C18H30N4O. The number of nitrogens with zero attached hydrogens (tertiary/aromatic N) is 1. The minimum absolute atomic E-state index is 0.128. The molecule has 6 N–H and O–H groups in total. The van der Waals surface area contributed by atoms with Crippen LogP contribution in [0.3, 0.4) is 0 Å². The zero-order chi connectivity index (χ0) is 18.2. The fourth-order valence-electron chi connectivity index (χ4n) is 1.66. The molecule has 5 nitrogen and oxygen atoms in total. The van der Waals surface area contributed by atoms with Gasteiger partial charge in [-0.1, -0.05) is 40.9 Å². The van der Waals surface area contributed by atoms with Crippen LogP contribution in [0.1, 0.15) is 44.5 Å². The zero-order valence-electron chi connectivity index (χ0n) is 14.9. The Bertz CT molecular complexity index is 589. The summed E-state index contributed by atoms with van der Waals surface area (Å²) < 4.78 is 0. The summed E-state index contributed by atoms with van der Waals surface area (Å²) in [7, 11) is 0. The predicted octanol–water partition coefficient (Wildman–Crippen LogP) is 3.29. The highest BCUT2D eigenvalue weighted by Gasteiger charge is 2.21. The van der Waals surface area contributed by atoms with E-state index in [1.165, 1.54) is 6.20 Å². The second-order valence-electron chi connectivity index (χ2n) is 5.67. The van der Waals surface area contributed by atoms with Crippen molar-refractivity contribution >= 4 is 11.4 Å². The van der Waals surface area contributed by atoms with E-state index in [1.54, 1.807) is 6.20 Å². The van der Waals surface area contributed by atoms with Crippen LogP contribution in [-0.2, 0) is 0 Å². The van der Waals surface area contributed by atoms with Crippen LogP contribution in [0.25, 0.3) is 11.4 Å². The minimum atomic E-state index is -0.441. The third-order valence-corrected chi connectivity index (χ3v) is 3.40. The third kappa shape index (κ3) is 5.70. The fourth-order valence-corrected chi connectivity index (χ4v) is 1.66. The molecule has 0 fully saturated rings. The van der Waals surface area contributed by atoms with Crippen LogP contribution in [0.5, 0.6) is 0 Å². The van der Waals surface area contributed by atoms with Crippen molar-refractivity contribution in [1.82, 2.24) is 10.3 Å². The van der Waals surface area contributed by atoms with Crippen LogP contribution >= 0.6 is 0 Å². The molecule has 0 bridgehead atoms.